The fourth-order valence-electron chi connectivity index (χ4n) is 2.63. The zero-order valence-electron chi connectivity index (χ0n) is 15.9. The summed E-state index contributed by atoms with van der Waals surface area (Å²) >= 11 is 0.975. The van der Waals surface area contributed by atoms with Crippen LogP contribution in [0.25, 0.3) is 0 Å². The van der Waals surface area contributed by atoms with Gasteiger partial charge in [0.2, 0.25) is 0 Å². The number of furan rings is 1. The van der Waals surface area contributed by atoms with Gasteiger partial charge in [-0.3, -0.25) is 9.59 Å². The van der Waals surface area contributed by atoms with E-state index in [-0.39, 0.29) is 21.2 Å². The highest BCUT2D eigenvalue weighted by molar-refractivity contribution is 7.19. The van der Waals surface area contributed by atoms with Gasteiger partial charge in [-0.1, -0.05) is 6.07 Å². The third-order valence-electron chi connectivity index (χ3n) is 4.04. The monoisotopic (exact) mass is 414 g/mol. The maximum absolute atomic E-state index is 12.8. The number of hydrogen-bond acceptors (Lipinski definition) is 7. The Morgan fingerprint density at radius 2 is 1.83 bits per heavy atom. The summed E-state index contributed by atoms with van der Waals surface area (Å²) in [7, 11) is 2.76. The van der Waals surface area contributed by atoms with Gasteiger partial charge >= 0.3 is 5.97 Å². The molecule has 3 rings (SSSR count). The van der Waals surface area contributed by atoms with E-state index in [2.05, 4.69) is 10.6 Å². The van der Waals surface area contributed by atoms with Crippen molar-refractivity contribution in [2.45, 2.75) is 6.92 Å². The van der Waals surface area contributed by atoms with Crippen LogP contribution < -0.4 is 15.4 Å². The molecule has 2 heterocycles. The number of esters is 1. The van der Waals surface area contributed by atoms with Crippen LogP contribution in [0.15, 0.2) is 47.1 Å². The van der Waals surface area contributed by atoms with Crippen LogP contribution in [0.3, 0.4) is 0 Å². The molecule has 0 fully saturated rings. The SMILES string of the molecule is COC(=O)c1c(NC(=O)c2ccco2)sc(C(=O)Nc2cccc(OC)c2)c1C. The predicted octanol–water partition coefficient (Wildman–Crippen LogP) is 3.95. The molecular weight excluding hydrogens is 396 g/mol. The second kappa shape index (κ2) is 8.61. The Morgan fingerprint density at radius 1 is 1.03 bits per heavy atom. The van der Waals surface area contributed by atoms with Crippen LogP contribution in [0, 0.1) is 6.92 Å². The first-order valence-electron chi connectivity index (χ1n) is 8.46. The number of methoxy groups -OCH3 is 2. The summed E-state index contributed by atoms with van der Waals surface area (Å²) in [6.45, 7) is 1.62. The number of amides is 2. The Morgan fingerprint density at radius 3 is 2.48 bits per heavy atom. The summed E-state index contributed by atoms with van der Waals surface area (Å²) in [5, 5.41) is 5.57. The molecule has 9 heteroatoms. The zero-order chi connectivity index (χ0) is 21.0. The Hall–Kier alpha value is -3.59. The van der Waals surface area contributed by atoms with Crippen LogP contribution in [-0.4, -0.2) is 32.0 Å². The first-order chi connectivity index (χ1) is 13.9. The standard InChI is InChI=1S/C20H18N2O6S/c1-11-15(20(25)27-3)19(22-17(23)14-8-5-9-28-14)29-16(11)18(24)21-12-6-4-7-13(10-12)26-2/h4-10H,1-3H3,(H,21,24)(H,22,23). The number of hydrogen-bond donors (Lipinski definition) is 2. The topological polar surface area (TPSA) is 107 Å². The summed E-state index contributed by atoms with van der Waals surface area (Å²) in [5.41, 5.74) is 1.05. The molecule has 3 aromatic rings. The first kappa shape index (κ1) is 20.2. The number of anilines is 2. The summed E-state index contributed by atoms with van der Waals surface area (Å²) in [6.07, 6.45) is 1.36. The van der Waals surface area contributed by atoms with E-state index in [1.807, 2.05) is 0 Å². The number of benzene rings is 1. The van der Waals surface area contributed by atoms with Crippen molar-refractivity contribution >= 4 is 39.8 Å². The second-order valence-electron chi connectivity index (χ2n) is 5.87. The fourth-order valence-corrected chi connectivity index (χ4v) is 3.71. The minimum Gasteiger partial charge on any atom is -0.497 e. The van der Waals surface area contributed by atoms with Gasteiger partial charge in [0, 0.05) is 11.8 Å². The van der Waals surface area contributed by atoms with Gasteiger partial charge in [-0.25, -0.2) is 4.79 Å². The lowest BCUT2D eigenvalue weighted by Gasteiger charge is -2.06. The molecule has 8 nitrogen and oxygen atoms in total. The van der Waals surface area contributed by atoms with Crippen LogP contribution in [0.5, 0.6) is 5.75 Å². The molecular formula is C20H18N2O6S. The lowest BCUT2D eigenvalue weighted by molar-refractivity contribution is 0.0601. The maximum Gasteiger partial charge on any atom is 0.341 e. The predicted molar refractivity (Wildman–Crippen MR) is 108 cm³/mol. The molecule has 2 aromatic heterocycles. The van der Waals surface area contributed by atoms with Crippen molar-refractivity contribution in [3.8, 4) is 5.75 Å². The number of rotatable bonds is 6. The quantitative estimate of drug-likeness (QED) is 0.592. The Labute approximate surface area is 170 Å². The van der Waals surface area contributed by atoms with Crippen molar-refractivity contribution in [2.75, 3.05) is 24.9 Å². The molecule has 0 unspecified atom stereocenters. The van der Waals surface area contributed by atoms with E-state index in [0.717, 1.165) is 11.3 Å². The Kier molecular flexibility index (Phi) is 5.99. The average Bonchev–Trinajstić information content (AvgIpc) is 3.36. The maximum atomic E-state index is 12.8. The lowest BCUT2D eigenvalue weighted by Crippen LogP contribution is -2.14. The Bertz CT molecular complexity index is 1060. The van der Waals surface area contributed by atoms with Crippen LogP contribution in [0.4, 0.5) is 10.7 Å². The molecule has 0 saturated heterocycles. The molecule has 2 amide bonds. The third-order valence-corrected chi connectivity index (χ3v) is 5.25. The first-order valence-corrected chi connectivity index (χ1v) is 9.28. The molecule has 0 aliphatic carbocycles. The van der Waals surface area contributed by atoms with Crippen molar-refractivity contribution in [3.63, 3.8) is 0 Å². The number of carbonyl (C=O) groups is 3. The van der Waals surface area contributed by atoms with Gasteiger partial charge in [-0.2, -0.15) is 0 Å². The van der Waals surface area contributed by atoms with Gasteiger partial charge in [0.25, 0.3) is 11.8 Å². The van der Waals surface area contributed by atoms with E-state index in [0.29, 0.717) is 17.0 Å². The highest BCUT2D eigenvalue weighted by Gasteiger charge is 2.27. The van der Waals surface area contributed by atoms with E-state index in [1.165, 1.54) is 26.5 Å². The van der Waals surface area contributed by atoms with Crippen molar-refractivity contribution in [1.29, 1.82) is 0 Å². The number of nitrogens with one attached hydrogen (secondary N) is 2. The van der Waals surface area contributed by atoms with Crippen LogP contribution >= 0.6 is 11.3 Å². The highest BCUT2D eigenvalue weighted by atomic mass is 32.1. The molecule has 0 bridgehead atoms. The normalized spacial score (nSPS) is 10.3. The molecule has 2 N–H and O–H groups in total. The molecule has 29 heavy (non-hydrogen) atoms. The Balaban J connectivity index is 1.92. The summed E-state index contributed by atoms with van der Waals surface area (Å²) in [4.78, 5) is 37.7. The largest absolute Gasteiger partial charge is 0.497 e. The van der Waals surface area contributed by atoms with Gasteiger partial charge in [-0.05, 0) is 36.8 Å². The third kappa shape index (κ3) is 4.30. The summed E-state index contributed by atoms with van der Waals surface area (Å²) in [6, 6.07) is 9.94. The van der Waals surface area contributed by atoms with Crippen molar-refractivity contribution < 1.29 is 28.3 Å². The minimum atomic E-state index is -0.658. The molecule has 150 valence electrons. The lowest BCUT2D eigenvalue weighted by atomic mass is 10.1. The van der Waals surface area contributed by atoms with Gasteiger partial charge in [-0.15, -0.1) is 11.3 Å². The van der Waals surface area contributed by atoms with E-state index in [4.69, 9.17) is 13.9 Å². The van der Waals surface area contributed by atoms with E-state index >= 15 is 0 Å². The van der Waals surface area contributed by atoms with Gasteiger partial charge in [0.05, 0.1) is 30.9 Å². The zero-order valence-corrected chi connectivity index (χ0v) is 16.7. The number of carbonyl (C=O) groups excluding carboxylic acids is 3. The van der Waals surface area contributed by atoms with Crippen molar-refractivity contribution in [2.24, 2.45) is 0 Å². The second-order valence-corrected chi connectivity index (χ2v) is 6.89. The minimum absolute atomic E-state index is 0.0780. The fraction of sp³-hybridized carbons (Fsp3) is 0.150. The van der Waals surface area contributed by atoms with Gasteiger partial charge < -0.3 is 24.5 Å². The van der Waals surface area contributed by atoms with Gasteiger partial charge in [0.15, 0.2) is 5.76 Å². The van der Waals surface area contributed by atoms with Crippen LogP contribution in [0.2, 0.25) is 0 Å². The van der Waals surface area contributed by atoms with E-state index < -0.39 is 17.8 Å². The number of thiophene rings is 1. The molecule has 0 spiro atoms. The van der Waals surface area contributed by atoms with E-state index in [9.17, 15) is 14.4 Å². The highest BCUT2D eigenvalue weighted by Crippen LogP contribution is 2.34. The smallest absolute Gasteiger partial charge is 0.341 e. The number of ether oxygens (including phenoxy) is 2. The van der Waals surface area contributed by atoms with Gasteiger partial charge in [0.1, 0.15) is 10.8 Å². The summed E-state index contributed by atoms with van der Waals surface area (Å²) < 4.78 is 15.0. The summed E-state index contributed by atoms with van der Waals surface area (Å²) in [5.74, 6) is -0.957. The molecule has 0 aliphatic rings. The molecule has 0 radical (unpaired) electrons. The van der Waals surface area contributed by atoms with Crippen molar-refractivity contribution in [1.82, 2.24) is 0 Å². The van der Waals surface area contributed by atoms with E-state index in [1.54, 1.807) is 37.3 Å². The van der Waals surface area contributed by atoms with Crippen LogP contribution in [-0.2, 0) is 4.74 Å². The average molecular weight is 414 g/mol. The molecule has 1 aromatic carbocycles. The molecule has 0 aliphatic heterocycles. The molecule has 0 saturated carbocycles. The van der Waals surface area contributed by atoms with Crippen LogP contribution in [0.1, 0.15) is 36.1 Å². The van der Waals surface area contributed by atoms with Crippen molar-refractivity contribution in [3.05, 3.63) is 64.4 Å². The molecule has 0 atom stereocenters.